The first-order valence-corrected chi connectivity index (χ1v) is 8.84. The average molecular weight is 344 g/mol. The van der Waals surface area contributed by atoms with Crippen molar-refractivity contribution in [3.05, 3.63) is 53.2 Å². The number of halogens is 1. The molecule has 1 aliphatic carbocycles. The van der Waals surface area contributed by atoms with Gasteiger partial charge in [-0.25, -0.2) is 4.98 Å². The van der Waals surface area contributed by atoms with Crippen LogP contribution in [0.25, 0.3) is 0 Å². The van der Waals surface area contributed by atoms with E-state index in [0.717, 1.165) is 11.4 Å². The van der Waals surface area contributed by atoms with Crippen molar-refractivity contribution in [3.63, 3.8) is 0 Å². The Hall–Kier alpha value is -2.07. The van der Waals surface area contributed by atoms with E-state index in [1.807, 2.05) is 24.3 Å². The summed E-state index contributed by atoms with van der Waals surface area (Å²) in [5, 5.41) is 7.01. The first-order valence-electron chi connectivity index (χ1n) is 8.46. The maximum absolute atomic E-state index is 12.1. The van der Waals surface area contributed by atoms with Gasteiger partial charge in [-0.3, -0.25) is 4.79 Å². The zero-order valence-electron chi connectivity index (χ0n) is 13.6. The van der Waals surface area contributed by atoms with Gasteiger partial charge in [0.15, 0.2) is 0 Å². The van der Waals surface area contributed by atoms with Gasteiger partial charge in [-0.2, -0.15) is 0 Å². The maximum atomic E-state index is 12.1. The van der Waals surface area contributed by atoms with E-state index in [-0.39, 0.29) is 5.91 Å². The first kappa shape index (κ1) is 16.8. The monoisotopic (exact) mass is 343 g/mol. The van der Waals surface area contributed by atoms with E-state index < -0.39 is 0 Å². The lowest BCUT2D eigenvalue weighted by Crippen LogP contribution is -2.22. The summed E-state index contributed by atoms with van der Waals surface area (Å²) in [6.07, 6.45) is 8.35. The van der Waals surface area contributed by atoms with Gasteiger partial charge in [-0.05, 0) is 42.7 Å². The maximum Gasteiger partial charge on any atom is 0.228 e. The number of nitrogens with zero attached hydrogens (tertiary/aromatic N) is 1. The minimum atomic E-state index is -0.0629. The molecule has 1 fully saturated rings. The number of rotatable bonds is 5. The van der Waals surface area contributed by atoms with Crippen molar-refractivity contribution >= 4 is 29.0 Å². The van der Waals surface area contributed by atoms with Gasteiger partial charge in [0, 0.05) is 11.1 Å². The molecular weight excluding hydrogens is 322 g/mol. The molecule has 0 radical (unpaired) electrons. The molecule has 1 aromatic carbocycles. The standard InChI is InChI=1S/C19H22ClN3O/c20-15-8-6-14(7-9-15)12-19(24)23-17-10-11-18(21-13-17)22-16-4-2-1-3-5-16/h6-11,13,16H,1-5,12H2,(H,21,22)(H,23,24). The number of carbonyl (C=O) groups is 1. The second-order valence-corrected chi connectivity index (χ2v) is 6.70. The minimum Gasteiger partial charge on any atom is -0.367 e. The lowest BCUT2D eigenvalue weighted by molar-refractivity contribution is -0.115. The van der Waals surface area contributed by atoms with Crippen LogP contribution < -0.4 is 10.6 Å². The number of hydrogen-bond donors (Lipinski definition) is 2. The van der Waals surface area contributed by atoms with E-state index in [2.05, 4.69) is 15.6 Å². The van der Waals surface area contributed by atoms with E-state index in [1.54, 1.807) is 18.3 Å². The lowest BCUT2D eigenvalue weighted by Gasteiger charge is -2.23. The zero-order chi connectivity index (χ0) is 16.8. The molecule has 1 aliphatic rings. The van der Waals surface area contributed by atoms with Crippen LogP contribution in [0.2, 0.25) is 5.02 Å². The Kier molecular flexibility index (Phi) is 5.70. The molecule has 2 N–H and O–H groups in total. The third-order valence-corrected chi connectivity index (χ3v) is 4.53. The number of nitrogens with one attached hydrogen (secondary N) is 2. The van der Waals surface area contributed by atoms with Crippen molar-refractivity contribution in [1.82, 2.24) is 4.98 Å². The first-order chi connectivity index (χ1) is 11.7. The Morgan fingerprint density at radius 1 is 1.08 bits per heavy atom. The summed E-state index contributed by atoms with van der Waals surface area (Å²) in [6, 6.07) is 11.6. The van der Waals surface area contributed by atoms with Gasteiger partial charge >= 0.3 is 0 Å². The predicted molar refractivity (Wildman–Crippen MR) is 98.5 cm³/mol. The van der Waals surface area contributed by atoms with Crippen LogP contribution >= 0.6 is 11.6 Å². The van der Waals surface area contributed by atoms with Gasteiger partial charge in [0.25, 0.3) is 0 Å². The molecule has 2 aromatic rings. The molecule has 3 rings (SSSR count). The Labute approximate surface area is 147 Å². The average Bonchev–Trinajstić information content (AvgIpc) is 2.60. The fourth-order valence-electron chi connectivity index (χ4n) is 3.00. The predicted octanol–water partition coefficient (Wildman–Crippen LogP) is 4.66. The van der Waals surface area contributed by atoms with Crippen LogP contribution in [-0.4, -0.2) is 16.9 Å². The van der Waals surface area contributed by atoms with Crippen LogP contribution in [0.15, 0.2) is 42.6 Å². The Balaban J connectivity index is 1.51. The highest BCUT2D eigenvalue weighted by molar-refractivity contribution is 6.30. The minimum absolute atomic E-state index is 0.0629. The van der Waals surface area contributed by atoms with Gasteiger partial charge in [-0.15, -0.1) is 0 Å². The molecule has 1 heterocycles. The molecule has 0 unspecified atom stereocenters. The van der Waals surface area contributed by atoms with Crippen LogP contribution in [-0.2, 0) is 11.2 Å². The topological polar surface area (TPSA) is 54.0 Å². The smallest absolute Gasteiger partial charge is 0.228 e. The van der Waals surface area contributed by atoms with Crippen LogP contribution in [0.1, 0.15) is 37.7 Å². The highest BCUT2D eigenvalue weighted by atomic mass is 35.5. The number of aromatic nitrogens is 1. The SMILES string of the molecule is O=C(Cc1ccc(Cl)cc1)Nc1ccc(NC2CCCCC2)nc1. The van der Waals surface area contributed by atoms with Crippen molar-refractivity contribution in [3.8, 4) is 0 Å². The Morgan fingerprint density at radius 3 is 2.50 bits per heavy atom. The third kappa shape index (κ3) is 4.96. The van der Waals surface area contributed by atoms with E-state index in [1.165, 1.54) is 32.1 Å². The normalized spacial score (nSPS) is 15.0. The quantitative estimate of drug-likeness (QED) is 0.830. The lowest BCUT2D eigenvalue weighted by atomic mass is 9.95. The number of anilines is 2. The summed E-state index contributed by atoms with van der Waals surface area (Å²) >= 11 is 5.85. The van der Waals surface area contributed by atoms with Gasteiger partial charge in [-0.1, -0.05) is 43.0 Å². The molecule has 1 amide bonds. The van der Waals surface area contributed by atoms with Crippen molar-refractivity contribution < 1.29 is 4.79 Å². The molecule has 0 bridgehead atoms. The second-order valence-electron chi connectivity index (χ2n) is 6.26. The molecular formula is C19H22ClN3O. The molecule has 1 saturated carbocycles. The molecule has 4 nitrogen and oxygen atoms in total. The number of carbonyl (C=O) groups excluding carboxylic acids is 1. The summed E-state index contributed by atoms with van der Waals surface area (Å²) in [5.41, 5.74) is 1.64. The fraction of sp³-hybridized carbons (Fsp3) is 0.368. The highest BCUT2D eigenvalue weighted by Crippen LogP contribution is 2.21. The number of pyridine rings is 1. The molecule has 126 valence electrons. The van der Waals surface area contributed by atoms with Crippen LogP contribution in [0.4, 0.5) is 11.5 Å². The second kappa shape index (κ2) is 8.15. The molecule has 0 saturated heterocycles. The van der Waals surface area contributed by atoms with Gasteiger partial charge in [0.2, 0.25) is 5.91 Å². The van der Waals surface area contributed by atoms with Crippen LogP contribution in [0, 0.1) is 0 Å². The van der Waals surface area contributed by atoms with Gasteiger partial charge < -0.3 is 10.6 Å². The summed E-state index contributed by atoms with van der Waals surface area (Å²) in [6.45, 7) is 0. The van der Waals surface area contributed by atoms with E-state index in [4.69, 9.17) is 11.6 Å². The highest BCUT2D eigenvalue weighted by Gasteiger charge is 2.13. The molecule has 5 heteroatoms. The number of benzene rings is 1. The van der Waals surface area contributed by atoms with Crippen molar-refractivity contribution in [2.24, 2.45) is 0 Å². The fourth-order valence-corrected chi connectivity index (χ4v) is 3.13. The van der Waals surface area contributed by atoms with Crippen molar-refractivity contribution in [2.45, 2.75) is 44.6 Å². The summed E-state index contributed by atoms with van der Waals surface area (Å²) in [7, 11) is 0. The molecule has 0 spiro atoms. The number of hydrogen-bond acceptors (Lipinski definition) is 3. The molecule has 0 aliphatic heterocycles. The summed E-state index contributed by atoms with van der Waals surface area (Å²) in [4.78, 5) is 16.5. The zero-order valence-corrected chi connectivity index (χ0v) is 14.4. The Morgan fingerprint density at radius 2 is 1.83 bits per heavy atom. The van der Waals surface area contributed by atoms with Gasteiger partial charge in [0.1, 0.15) is 5.82 Å². The molecule has 1 aromatic heterocycles. The van der Waals surface area contributed by atoms with Crippen LogP contribution in [0.3, 0.4) is 0 Å². The third-order valence-electron chi connectivity index (χ3n) is 4.28. The summed E-state index contributed by atoms with van der Waals surface area (Å²) in [5.74, 6) is 0.810. The van der Waals surface area contributed by atoms with Crippen molar-refractivity contribution in [2.75, 3.05) is 10.6 Å². The van der Waals surface area contributed by atoms with E-state index >= 15 is 0 Å². The van der Waals surface area contributed by atoms with E-state index in [0.29, 0.717) is 23.2 Å². The largest absolute Gasteiger partial charge is 0.367 e. The van der Waals surface area contributed by atoms with Crippen molar-refractivity contribution in [1.29, 1.82) is 0 Å². The van der Waals surface area contributed by atoms with E-state index in [9.17, 15) is 4.79 Å². The Bertz CT molecular complexity index is 664. The number of amides is 1. The van der Waals surface area contributed by atoms with Gasteiger partial charge in [0.05, 0.1) is 18.3 Å². The summed E-state index contributed by atoms with van der Waals surface area (Å²) < 4.78 is 0. The van der Waals surface area contributed by atoms with Crippen LogP contribution in [0.5, 0.6) is 0 Å². The molecule has 24 heavy (non-hydrogen) atoms. The molecule has 0 atom stereocenters.